The number of halogens is 1. The van der Waals surface area contributed by atoms with Crippen LogP contribution in [-0.2, 0) is 5.88 Å². The van der Waals surface area contributed by atoms with Gasteiger partial charge in [-0.25, -0.2) is 0 Å². The molecule has 0 radical (unpaired) electrons. The molecular formula is C15H22ClN3O2. The summed E-state index contributed by atoms with van der Waals surface area (Å²) in [5, 5.41) is 10.9. The lowest BCUT2D eigenvalue weighted by atomic mass is 10.1. The molecule has 21 heavy (non-hydrogen) atoms. The average molecular weight is 312 g/mol. The molecule has 6 heteroatoms. The molecule has 1 saturated heterocycles. The number of nitro groups is 1. The number of benzene rings is 1. The highest BCUT2D eigenvalue weighted by atomic mass is 35.5. The van der Waals surface area contributed by atoms with E-state index in [0.717, 1.165) is 43.7 Å². The number of anilines is 1. The van der Waals surface area contributed by atoms with Gasteiger partial charge < -0.3 is 9.80 Å². The first-order chi connectivity index (χ1) is 10.1. The Morgan fingerprint density at radius 3 is 2.81 bits per heavy atom. The van der Waals surface area contributed by atoms with E-state index < -0.39 is 0 Å². The second-order valence-electron chi connectivity index (χ2n) is 5.58. The lowest BCUT2D eigenvalue weighted by molar-refractivity contribution is -0.384. The molecule has 1 aromatic rings. The van der Waals surface area contributed by atoms with Crippen molar-refractivity contribution in [2.45, 2.75) is 31.7 Å². The van der Waals surface area contributed by atoms with Gasteiger partial charge in [-0.05, 0) is 38.1 Å². The minimum absolute atomic E-state index is 0.106. The maximum absolute atomic E-state index is 10.9. The van der Waals surface area contributed by atoms with Crippen molar-refractivity contribution in [3.8, 4) is 0 Å². The molecule has 1 aromatic carbocycles. The fourth-order valence-electron chi connectivity index (χ4n) is 2.98. The van der Waals surface area contributed by atoms with Crippen LogP contribution in [0.2, 0.25) is 0 Å². The summed E-state index contributed by atoms with van der Waals surface area (Å²) in [6, 6.07) is 5.45. The van der Waals surface area contributed by atoms with E-state index in [1.807, 2.05) is 6.07 Å². The van der Waals surface area contributed by atoms with E-state index in [4.69, 9.17) is 11.6 Å². The van der Waals surface area contributed by atoms with Gasteiger partial charge in [0.1, 0.15) is 0 Å². The highest BCUT2D eigenvalue weighted by Crippen LogP contribution is 2.30. The van der Waals surface area contributed by atoms with Crippen LogP contribution in [0.15, 0.2) is 18.2 Å². The van der Waals surface area contributed by atoms with Crippen molar-refractivity contribution in [1.29, 1.82) is 0 Å². The van der Waals surface area contributed by atoms with Crippen molar-refractivity contribution in [3.05, 3.63) is 33.9 Å². The lowest BCUT2D eigenvalue weighted by Gasteiger charge is -2.33. The molecule has 1 heterocycles. The number of nitro benzene ring substituents is 1. The van der Waals surface area contributed by atoms with E-state index in [2.05, 4.69) is 23.8 Å². The molecule has 0 spiro atoms. The second-order valence-corrected chi connectivity index (χ2v) is 5.84. The van der Waals surface area contributed by atoms with Crippen molar-refractivity contribution in [1.82, 2.24) is 4.90 Å². The zero-order chi connectivity index (χ0) is 15.4. The maximum atomic E-state index is 10.9. The zero-order valence-electron chi connectivity index (χ0n) is 12.6. The predicted molar refractivity (Wildman–Crippen MR) is 86.2 cm³/mol. The Bertz CT molecular complexity index is 510. The quantitative estimate of drug-likeness (QED) is 0.486. The first-order valence-corrected chi connectivity index (χ1v) is 7.88. The molecule has 1 atom stereocenters. The van der Waals surface area contributed by atoms with E-state index in [0.29, 0.717) is 11.9 Å². The van der Waals surface area contributed by atoms with Gasteiger partial charge in [-0.15, -0.1) is 11.6 Å². The Kier molecular flexibility index (Phi) is 5.42. The molecule has 1 unspecified atom stereocenters. The number of nitrogens with zero attached hydrogens (tertiary/aromatic N) is 3. The van der Waals surface area contributed by atoms with Crippen LogP contribution < -0.4 is 4.90 Å². The normalized spacial score (nSPS) is 20.3. The molecule has 0 amide bonds. The highest BCUT2D eigenvalue weighted by Gasteiger charge is 2.24. The number of alkyl halides is 1. The molecule has 116 valence electrons. The predicted octanol–water partition coefficient (Wildman–Crippen LogP) is 3.25. The SMILES string of the molecule is CCC1CN(C)CCCN1c1ccc([N+](=O)[O-])cc1CCl. The maximum Gasteiger partial charge on any atom is 0.269 e. The summed E-state index contributed by atoms with van der Waals surface area (Å²) in [4.78, 5) is 15.3. The van der Waals surface area contributed by atoms with Crippen LogP contribution in [0.3, 0.4) is 0 Å². The van der Waals surface area contributed by atoms with Crippen LogP contribution in [0.5, 0.6) is 0 Å². The second kappa shape index (κ2) is 7.09. The molecule has 1 aliphatic rings. The molecule has 1 aliphatic heterocycles. The first kappa shape index (κ1) is 16.0. The largest absolute Gasteiger partial charge is 0.367 e. The Hall–Kier alpha value is -1.33. The third-order valence-corrected chi connectivity index (χ3v) is 4.39. The lowest BCUT2D eigenvalue weighted by Crippen LogP contribution is -2.40. The molecule has 0 saturated carbocycles. The average Bonchev–Trinajstić information content (AvgIpc) is 2.67. The molecule has 0 aromatic heterocycles. The Morgan fingerprint density at radius 2 is 2.19 bits per heavy atom. The third kappa shape index (κ3) is 3.66. The van der Waals surface area contributed by atoms with Crippen LogP contribution in [0.4, 0.5) is 11.4 Å². The van der Waals surface area contributed by atoms with Crippen LogP contribution in [0, 0.1) is 10.1 Å². The number of rotatable bonds is 4. The standard InChI is InChI=1S/C15H22ClN3O2/c1-3-13-11-17(2)7-4-8-18(13)15-6-5-14(19(20)21)9-12(15)10-16/h5-6,9,13H,3-4,7-8,10-11H2,1-2H3. The number of hydrogen-bond donors (Lipinski definition) is 0. The summed E-state index contributed by atoms with van der Waals surface area (Å²) in [7, 11) is 2.14. The van der Waals surface area contributed by atoms with Crippen molar-refractivity contribution in [2.75, 3.05) is 31.6 Å². The Morgan fingerprint density at radius 1 is 1.43 bits per heavy atom. The van der Waals surface area contributed by atoms with Gasteiger partial charge >= 0.3 is 0 Å². The summed E-state index contributed by atoms with van der Waals surface area (Å²) < 4.78 is 0. The van der Waals surface area contributed by atoms with E-state index in [1.54, 1.807) is 12.1 Å². The molecule has 5 nitrogen and oxygen atoms in total. The van der Waals surface area contributed by atoms with Gasteiger partial charge in [0.2, 0.25) is 0 Å². The summed E-state index contributed by atoms with van der Waals surface area (Å²) in [5.74, 6) is 0.291. The monoisotopic (exact) mass is 311 g/mol. The molecule has 2 rings (SSSR count). The van der Waals surface area contributed by atoms with Gasteiger partial charge in [-0.3, -0.25) is 10.1 Å². The minimum Gasteiger partial charge on any atom is -0.367 e. The van der Waals surface area contributed by atoms with Gasteiger partial charge in [0.05, 0.1) is 4.92 Å². The van der Waals surface area contributed by atoms with E-state index in [1.165, 1.54) is 0 Å². The fraction of sp³-hybridized carbons (Fsp3) is 0.600. The Balaban J connectivity index is 2.36. The van der Waals surface area contributed by atoms with E-state index >= 15 is 0 Å². The van der Waals surface area contributed by atoms with Crippen LogP contribution in [0.25, 0.3) is 0 Å². The first-order valence-electron chi connectivity index (χ1n) is 7.35. The van der Waals surface area contributed by atoms with Crippen LogP contribution >= 0.6 is 11.6 Å². The summed E-state index contributed by atoms with van der Waals surface area (Å²) in [6.45, 7) is 5.23. The molecule has 0 bridgehead atoms. The summed E-state index contributed by atoms with van der Waals surface area (Å²) >= 11 is 6.03. The van der Waals surface area contributed by atoms with Crippen LogP contribution in [-0.4, -0.2) is 42.5 Å². The van der Waals surface area contributed by atoms with Crippen molar-refractivity contribution < 1.29 is 4.92 Å². The zero-order valence-corrected chi connectivity index (χ0v) is 13.3. The van der Waals surface area contributed by atoms with Gasteiger partial charge in [-0.1, -0.05) is 6.92 Å². The molecule has 0 N–H and O–H groups in total. The van der Waals surface area contributed by atoms with Crippen LogP contribution in [0.1, 0.15) is 25.3 Å². The number of non-ortho nitro benzene ring substituents is 1. The summed E-state index contributed by atoms with van der Waals surface area (Å²) in [6.07, 6.45) is 2.13. The van der Waals surface area contributed by atoms with Gasteiger partial charge in [-0.2, -0.15) is 0 Å². The minimum atomic E-state index is -0.368. The van der Waals surface area contributed by atoms with Gasteiger partial charge in [0, 0.05) is 42.8 Å². The topological polar surface area (TPSA) is 49.6 Å². The van der Waals surface area contributed by atoms with Crippen molar-refractivity contribution in [2.24, 2.45) is 0 Å². The third-order valence-electron chi connectivity index (χ3n) is 4.10. The number of likely N-dealkylation sites (N-methyl/N-ethyl adjacent to an activating group) is 1. The van der Waals surface area contributed by atoms with Gasteiger partial charge in [0.25, 0.3) is 5.69 Å². The summed E-state index contributed by atoms with van der Waals surface area (Å²) in [5.41, 5.74) is 1.99. The molecular weight excluding hydrogens is 290 g/mol. The molecule has 0 aliphatic carbocycles. The van der Waals surface area contributed by atoms with E-state index in [9.17, 15) is 10.1 Å². The molecule has 1 fully saturated rings. The van der Waals surface area contributed by atoms with Crippen molar-refractivity contribution >= 4 is 23.0 Å². The smallest absolute Gasteiger partial charge is 0.269 e. The Labute approximate surface area is 130 Å². The van der Waals surface area contributed by atoms with E-state index in [-0.39, 0.29) is 10.6 Å². The highest BCUT2D eigenvalue weighted by molar-refractivity contribution is 6.17. The number of hydrogen-bond acceptors (Lipinski definition) is 4. The van der Waals surface area contributed by atoms with Gasteiger partial charge in [0.15, 0.2) is 0 Å². The van der Waals surface area contributed by atoms with Crippen molar-refractivity contribution in [3.63, 3.8) is 0 Å². The fourth-order valence-corrected chi connectivity index (χ4v) is 3.20.